The van der Waals surface area contributed by atoms with Crippen LogP contribution in [0.1, 0.15) is 0 Å². The highest BCUT2D eigenvalue weighted by Crippen LogP contribution is 1.72. The van der Waals surface area contributed by atoms with Crippen molar-refractivity contribution in [3.63, 3.8) is 0 Å². The molecule has 0 radical (unpaired) electrons. The van der Waals surface area contributed by atoms with Crippen LogP contribution < -0.4 is 16.0 Å². The van der Waals surface area contributed by atoms with Gasteiger partial charge >= 0.3 is 6.09 Å². The Bertz CT molecular complexity index is 198. The molecule has 0 heterocycles. The van der Waals surface area contributed by atoms with Crippen LogP contribution in [0.15, 0.2) is 12.2 Å². The van der Waals surface area contributed by atoms with E-state index in [1.807, 2.05) is 12.2 Å². The van der Waals surface area contributed by atoms with E-state index in [2.05, 4.69) is 16.0 Å². The molecule has 4 N–H and O–H groups in total. The highest BCUT2D eigenvalue weighted by atomic mass is 16.5. The summed E-state index contributed by atoms with van der Waals surface area (Å²) in [6, 6.07) is 0. The smallest absolute Gasteiger partial charge is 0.404 e. The number of carboxylic acid groups (broad SMARTS) is 1. The highest BCUT2D eigenvalue weighted by molar-refractivity contribution is 5.64. The molecule has 0 atom stereocenters. The van der Waals surface area contributed by atoms with Crippen molar-refractivity contribution in [1.82, 2.24) is 16.0 Å². The van der Waals surface area contributed by atoms with Crippen LogP contribution >= 0.6 is 0 Å². The molecule has 0 aromatic carbocycles. The lowest BCUT2D eigenvalue weighted by atomic mass is 10.5. The van der Waals surface area contributed by atoms with Gasteiger partial charge in [-0.25, -0.2) is 4.79 Å². The van der Waals surface area contributed by atoms with E-state index in [1.54, 1.807) is 7.11 Å². The second-order valence-corrected chi connectivity index (χ2v) is 3.11. The fourth-order valence-corrected chi connectivity index (χ4v) is 0.993. The maximum absolute atomic E-state index is 10.1. The topological polar surface area (TPSA) is 82.6 Å². The molecule has 0 spiro atoms. The van der Waals surface area contributed by atoms with Crippen molar-refractivity contribution >= 4 is 6.09 Å². The average Bonchev–Trinajstić information content (AvgIpc) is 2.25. The predicted molar refractivity (Wildman–Crippen MR) is 62.8 cm³/mol. The summed E-state index contributed by atoms with van der Waals surface area (Å²) in [6.45, 7) is 4.21. The van der Waals surface area contributed by atoms with E-state index in [0.717, 1.165) is 19.6 Å². The van der Waals surface area contributed by atoms with Gasteiger partial charge in [0.1, 0.15) is 0 Å². The molecule has 0 rings (SSSR count). The molecule has 94 valence electrons. The van der Waals surface area contributed by atoms with Crippen molar-refractivity contribution in [3.05, 3.63) is 12.2 Å². The Labute approximate surface area is 96.1 Å². The van der Waals surface area contributed by atoms with Crippen molar-refractivity contribution in [2.24, 2.45) is 0 Å². The van der Waals surface area contributed by atoms with E-state index in [0.29, 0.717) is 19.7 Å². The molecule has 0 aromatic rings. The van der Waals surface area contributed by atoms with Crippen molar-refractivity contribution in [1.29, 1.82) is 0 Å². The number of methoxy groups -OCH3 is 1. The van der Waals surface area contributed by atoms with E-state index in [4.69, 9.17) is 9.84 Å². The van der Waals surface area contributed by atoms with E-state index >= 15 is 0 Å². The lowest BCUT2D eigenvalue weighted by molar-refractivity contribution is 0.194. The summed E-state index contributed by atoms with van der Waals surface area (Å²) in [4.78, 5) is 10.1. The minimum atomic E-state index is -0.983. The SMILES string of the molecule is COCC=CCNCCNCCNC(=O)O. The highest BCUT2D eigenvalue weighted by Gasteiger charge is 1.91. The van der Waals surface area contributed by atoms with Gasteiger partial charge in [-0.15, -0.1) is 0 Å². The van der Waals surface area contributed by atoms with Crippen LogP contribution in [0, 0.1) is 0 Å². The van der Waals surface area contributed by atoms with Crippen molar-refractivity contribution in [2.75, 3.05) is 46.4 Å². The second kappa shape index (κ2) is 12.0. The molecule has 0 unspecified atom stereocenters. The van der Waals surface area contributed by atoms with Crippen LogP contribution in [0.2, 0.25) is 0 Å². The fraction of sp³-hybridized carbons (Fsp3) is 0.700. The van der Waals surface area contributed by atoms with Gasteiger partial charge < -0.3 is 25.8 Å². The summed E-state index contributed by atoms with van der Waals surface area (Å²) in [5.41, 5.74) is 0. The molecule has 0 aliphatic rings. The zero-order valence-electron chi connectivity index (χ0n) is 9.66. The lowest BCUT2D eigenvalue weighted by Gasteiger charge is -2.04. The quantitative estimate of drug-likeness (QED) is 0.305. The van der Waals surface area contributed by atoms with E-state index in [1.165, 1.54) is 0 Å². The van der Waals surface area contributed by atoms with Crippen molar-refractivity contribution in [3.8, 4) is 0 Å². The molecular weight excluding hydrogens is 210 g/mol. The van der Waals surface area contributed by atoms with Gasteiger partial charge in [0, 0.05) is 39.8 Å². The predicted octanol–water partition coefficient (Wildman–Crippen LogP) is -0.364. The van der Waals surface area contributed by atoms with Crippen LogP contribution in [-0.4, -0.2) is 57.6 Å². The van der Waals surface area contributed by atoms with Crippen LogP contribution in [0.4, 0.5) is 4.79 Å². The van der Waals surface area contributed by atoms with Gasteiger partial charge in [0.2, 0.25) is 0 Å². The molecule has 1 amide bonds. The molecular formula is C10H21N3O3. The van der Waals surface area contributed by atoms with Crippen LogP contribution in [0.25, 0.3) is 0 Å². The normalized spacial score (nSPS) is 10.8. The third-order valence-corrected chi connectivity index (χ3v) is 1.75. The van der Waals surface area contributed by atoms with Gasteiger partial charge in [0.05, 0.1) is 6.61 Å². The van der Waals surface area contributed by atoms with Gasteiger partial charge in [-0.2, -0.15) is 0 Å². The maximum atomic E-state index is 10.1. The molecule has 0 aromatic heterocycles. The molecule has 16 heavy (non-hydrogen) atoms. The molecule has 0 saturated carbocycles. The lowest BCUT2D eigenvalue weighted by Crippen LogP contribution is -2.34. The zero-order chi connectivity index (χ0) is 12.1. The Hall–Kier alpha value is -1.11. The number of hydrogen-bond acceptors (Lipinski definition) is 4. The Balaban J connectivity index is 3.01. The van der Waals surface area contributed by atoms with Gasteiger partial charge in [0.25, 0.3) is 0 Å². The summed E-state index contributed by atoms with van der Waals surface area (Å²) < 4.78 is 4.85. The maximum Gasteiger partial charge on any atom is 0.404 e. The fourth-order valence-electron chi connectivity index (χ4n) is 0.993. The number of hydrogen-bond donors (Lipinski definition) is 4. The minimum Gasteiger partial charge on any atom is -0.465 e. The molecule has 6 nitrogen and oxygen atoms in total. The number of carbonyl (C=O) groups is 1. The third kappa shape index (κ3) is 12.9. The summed E-state index contributed by atoms with van der Waals surface area (Å²) in [5.74, 6) is 0. The van der Waals surface area contributed by atoms with Crippen molar-refractivity contribution in [2.45, 2.75) is 0 Å². The Morgan fingerprint density at radius 2 is 1.88 bits per heavy atom. The van der Waals surface area contributed by atoms with Gasteiger partial charge in [-0.3, -0.25) is 0 Å². The zero-order valence-corrected chi connectivity index (χ0v) is 9.66. The summed E-state index contributed by atoms with van der Waals surface area (Å²) in [7, 11) is 1.66. The third-order valence-electron chi connectivity index (χ3n) is 1.75. The van der Waals surface area contributed by atoms with Gasteiger partial charge in [-0.05, 0) is 0 Å². The van der Waals surface area contributed by atoms with Crippen LogP contribution in [-0.2, 0) is 4.74 Å². The Morgan fingerprint density at radius 3 is 2.56 bits per heavy atom. The first-order valence-corrected chi connectivity index (χ1v) is 5.29. The molecule has 0 aliphatic heterocycles. The second-order valence-electron chi connectivity index (χ2n) is 3.11. The number of ether oxygens (including phenoxy) is 1. The van der Waals surface area contributed by atoms with E-state index in [-0.39, 0.29) is 0 Å². The summed E-state index contributed by atoms with van der Waals surface area (Å²) in [6.07, 6.45) is 2.98. The Morgan fingerprint density at radius 1 is 1.19 bits per heavy atom. The molecule has 6 heteroatoms. The average molecular weight is 231 g/mol. The summed E-state index contributed by atoms with van der Waals surface area (Å²) >= 11 is 0. The standard InChI is InChI=1S/C10H21N3O3/c1-16-9-3-2-4-11-5-6-12-7-8-13-10(14)15/h2-3,11-13H,4-9H2,1H3,(H,14,15). The first kappa shape index (κ1) is 14.9. The Kier molecular flexibility index (Phi) is 11.1. The molecule has 0 fully saturated rings. The molecule has 0 aliphatic carbocycles. The number of nitrogens with one attached hydrogen (secondary N) is 3. The van der Waals surface area contributed by atoms with Gasteiger partial charge in [-0.1, -0.05) is 12.2 Å². The molecule has 0 saturated heterocycles. The van der Waals surface area contributed by atoms with E-state index < -0.39 is 6.09 Å². The van der Waals surface area contributed by atoms with Gasteiger partial charge in [0.15, 0.2) is 0 Å². The largest absolute Gasteiger partial charge is 0.465 e. The van der Waals surface area contributed by atoms with Crippen LogP contribution in [0.5, 0.6) is 0 Å². The van der Waals surface area contributed by atoms with Crippen molar-refractivity contribution < 1.29 is 14.6 Å². The van der Waals surface area contributed by atoms with E-state index in [9.17, 15) is 4.79 Å². The minimum absolute atomic E-state index is 0.434. The first-order chi connectivity index (χ1) is 7.77. The summed E-state index contributed by atoms with van der Waals surface area (Å²) in [5, 5.41) is 16.9. The monoisotopic (exact) mass is 231 g/mol. The number of rotatable bonds is 10. The number of amides is 1. The first-order valence-electron chi connectivity index (χ1n) is 5.29. The molecule has 0 bridgehead atoms. The van der Waals surface area contributed by atoms with Crippen LogP contribution in [0.3, 0.4) is 0 Å².